The van der Waals surface area contributed by atoms with Gasteiger partial charge in [-0.25, -0.2) is 0 Å². The van der Waals surface area contributed by atoms with E-state index in [1.165, 1.54) is 19.3 Å². The first-order chi connectivity index (χ1) is 9.81. The Morgan fingerprint density at radius 1 is 1.25 bits per heavy atom. The van der Waals surface area contributed by atoms with E-state index < -0.39 is 0 Å². The number of fused-ring (bicyclic) bond motifs is 1. The smallest absolute Gasteiger partial charge is 0.0951 e. The molecule has 106 valence electrons. The lowest BCUT2D eigenvalue weighted by atomic mass is 10.1. The van der Waals surface area contributed by atoms with Crippen LogP contribution in [0.3, 0.4) is 0 Å². The van der Waals surface area contributed by atoms with E-state index in [4.69, 9.17) is 5.73 Å². The van der Waals surface area contributed by atoms with Crippen LogP contribution >= 0.6 is 0 Å². The molecule has 1 aromatic carbocycles. The van der Waals surface area contributed by atoms with Gasteiger partial charge in [-0.1, -0.05) is 25.0 Å². The Bertz CT molecular complexity index is 599. The third-order valence-electron chi connectivity index (χ3n) is 4.18. The van der Waals surface area contributed by atoms with Crippen LogP contribution < -0.4 is 10.6 Å². The molecule has 4 nitrogen and oxygen atoms in total. The second-order valence-corrected chi connectivity index (χ2v) is 5.45. The van der Waals surface area contributed by atoms with Crippen LogP contribution in [0.2, 0.25) is 0 Å². The van der Waals surface area contributed by atoms with Crippen molar-refractivity contribution in [1.82, 2.24) is 4.98 Å². The molecule has 0 bridgehead atoms. The van der Waals surface area contributed by atoms with Crippen molar-refractivity contribution >= 4 is 22.3 Å². The minimum atomic E-state index is 0.199. The van der Waals surface area contributed by atoms with Crippen LogP contribution in [0, 0.1) is 0 Å². The SMILES string of the molecule is Nc1cccc2c(N3CCCCCC3CO)ccnc12. The van der Waals surface area contributed by atoms with Crippen LogP contribution in [-0.2, 0) is 0 Å². The summed E-state index contributed by atoms with van der Waals surface area (Å²) in [5.41, 5.74) is 8.72. The number of anilines is 2. The fourth-order valence-electron chi connectivity index (χ4n) is 3.12. The molecule has 2 aromatic rings. The number of nitrogen functional groups attached to an aromatic ring is 1. The zero-order chi connectivity index (χ0) is 13.9. The molecular formula is C16H21N3O. The van der Waals surface area contributed by atoms with Crippen molar-refractivity contribution in [2.24, 2.45) is 0 Å². The van der Waals surface area contributed by atoms with E-state index >= 15 is 0 Å². The van der Waals surface area contributed by atoms with Crippen molar-refractivity contribution in [3.05, 3.63) is 30.5 Å². The van der Waals surface area contributed by atoms with E-state index in [-0.39, 0.29) is 12.6 Å². The second-order valence-electron chi connectivity index (χ2n) is 5.45. The fraction of sp³-hybridized carbons (Fsp3) is 0.438. The van der Waals surface area contributed by atoms with Crippen LogP contribution in [0.15, 0.2) is 30.5 Å². The Morgan fingerprint density at radius 3 is 3.00 bits per heavy atom. The van der Waals surface area contributed by atoms with E-state index in [1.54, 1.807) is 0 Å². The minimum Gasteiger partial charge on any atom is -0.397 e. The predicted octanol–water partition coefficient (Wildman–Crippen LogP) is 2.56. The molecule has 1 aromatic heterocycles. The Labute approximate surface area is 119 Å². The van der Waals surface area contributed by atoms with Gasteiger partial charge in [-0.3, -0.25) is 4.98 Å². The Balaban J connectivity index is 2.10. The summed E-state index contributed by atoms with van der Waals surface area (Å²) in [6.45, 7) is 1.19. The highest BCUT2D eigenvalue weighted by Gasteiger charge is 2.22. The maximum absolute atomic E-state index is 9.69. The summed E-state index contributed by atoms with van der Waals surface area (Å²) < 4.78 is 0. The number of benzene rings is 1. The number of aromatic nitrogens is 1. The summed E-state index contributed by atoms with van der Waals surface area (Å²) in [6, 6.07) is 8.15. The fourth-order valence-corrected chi connectivity index (χ4v) is 3.12. The zero-order valence-electron chi connectivity index (χ0n) is 11.6. The first-order valence-electron chi connectivity index (χ1n) is 7.32. The molecule has 1 atom stereocenters. The molecule has 0 saturated carbocycles. The lowest BCUT2D eigenvalue weighted by Crippen LogP contribution is -2.37. The zero-order valence-corrected chi connectivity index (χ0v) is 11.6. The van der Waals surface area contributed by atoms with E-state index in [0.717, 1.165) is 29.6 Å². The largest absolute Gasteiger partial charge is 0.397 e. The Hall–Kier alpha value is -1.81. The average molecular weight is 271 g/mol. The van der Waals surface area contributed by atoms with Gasteiger partial charge in [0.15, 0.2) is 0 Å². The number of hydrogen-bond acceptors (Lipinski definition) is 4. The van der Waals surface area contributed by atoms with Gasteiger partial charge in [0.1, 0.15) is 0 Å². The van der Waals surface area contributed by atoms with Crippen molar-refractivity contribution in [3.63, 3.8) is 0 Å². The maximum Gasteiger partial charge on any atom is 0.0951 e. The van der Waals surface area contributed by atoms with E-state index in [0.29, 0.717) is 5.69 Å². The number of rotatable bonds is 2. The average Bonchev–Trinajstić information content (AvgIpc) is 2.72. The van der Waals surface area contributed by atoms with Crippen molar-refractivity contribution in [2.75, 3.05) is 23.8 Å². The number of aliphatic hydroxyl groups excluding tert-OH is 1. The van der Waals surface area contributed by atoms with Gasteiger partial charge >= 0.3 is 0 Å². The summed E-state index contributed by atoms with van der Waals surface area (Å²) in [5, 5.41) is 10.8. The predicted molar refractivity (Wildman–Crippen MR) is 82.8 cm³/mol. The molecule has 0 spiro atoms. The first kappa shape index (κ1) is 13.2. The third kappa shape index (κ3) is 2.31. The summed E-state index contributed by atoms with van der Waals surface area (Å²) in [4.78, 5) is 6.73. The molecule has 1 aliphatic rings. The molecule has 2 heterocycles. The van der Waals surface area contributed by atoms with Gasteiger partial charge in [-0.2, -0.15) is 0 Å². The van der Waals surface area contributed by atoms with Crippen molar-refractivity contribution in [3.8, 4) is 0 Å². The molecule has 1 saturated heterocycles. The Morgan fingerprint density at radius 2 is 2.15 bits per heavy atom. The van der Waals surface area contributed by atoms with Crippen molar-refractivity contribution in [2.45, 2.75) is 31.7 Å². The lowest BCUT2D eigenvalue weighted by Gasteiger charge is -2.31. The number of nitrogens with two attached hydrogens (primary N) is 1. The number of para-hydroxylation sites is 1. The highest BCUT2D eigenvalue weighted by Crippen LogP contribution is 2.32. The number of nitrogens with zero attached hydrogens (tertiary/aromatic N) is 2. The van der Waals surface area contributed by atoms with Crippen LogP contribution in [0.4, 0.5) is 11.4 Å². The molecular weight excluding hydrogens is 250 g/mol. The standard InChI is InChI=1S/C16H21N3O/c17-14-7-4-6-13-15(8-9-18-16(13)14)19-10-3-1-2-5-12(19)11-20/h4,6-9,12,20H,1-3,5,10-11,17H2. The van der Waals surface area contributed by atoms with E-state index in [1.807, 2.05) is 24.4 Å². The summed E-state index contributed by atoms with van der Waals surface area (Å²) in [7, 11) is 0. The molecule has 3 rings (SSSR count). The van der Waals surface area contributed by atoms with Gasteiger partial charge in [0.05, 0.1) is 23.9 Å². The summed E-state index contributed by atoms with van der Waals surface area (Å²) in [5.74, 6) is 0. The summed E-state index contributed by atoms with van der Waals surface area (Å²) >= 11 is 0. The second kappa shape index (κ2) is 5.67. The molecule has 1 unspecified atom stereocenters. The van der Waals surface area contributed by atoms with Crippen LogP contribution in [0.25, 0.3) is 10.9 Å². The number of aliphatic hydroxyl groups is 1. The molecule has 3 N–H and O–H groups in total. The van der Waals surface area contributed by atoms with Gasteiger partial charge < -0.3 is 15.7 Å². The Kier molecular flexibility index (Phi) is 3.74. The van der Waals surface area contributed by atoms with Gasteiger partial charge in [0.25, 0.3) is 0 Å². The topological polar surface area (TPSA) is 62.4 Å². The molecule has 0 aliphatic carbocycles. The van der Waals surface area contributed by atoms with Crippen LogP contribution in [-0.4, -0.2) is 29.3 Å². The highest BCUT2D eigenvalue weighted by atomic mass is 16.3. The molecule has 4 heteroatoms. The number of pyridine rings is 1. The molecule has 0 radical (unpaired) electrons. The van der Waals surface area contributed by atoms with E-state index in [2.05, 4.69) is 16.0 Å². The summed E-state index contributed by atoms with van der Waals surface area (Å²) in [6.07, 6.45) is 6.45. The molecule has 20 heavy (non-hydrogen) atoms. The van der Waals surface area contributed by atoms with Gasteiger partial charge in [-0.15, -0.1) is 0 Å². The number of hydrogen-bond donors (Lipinski definition) is 2. The van der Waals surface area contributed by atoms with Crippen LogP contribution in [0.5, 0.6) is 0 Å². The molecule has 1 aliphatic heterocycles. The monoisotopic (exact) mass is 271 g/mol. The van der Waals surface area contributed by atoms with Gasteiger partial charge in [0.2, 0.25) is 0 Å². The normalized spacial score (nSPS) is 20.1. The van der Waals surface area contributed by atoms with Crippen LogP contribution in [0.1, 0.15) is 25.7 Å². The first-order valence-corrected chi connectivity index (χ1v) is 7.32. The van der Waals surface area contributed by atoms with Gasteiger partial charge in [-0.05, 0) is 25.0 Å². The molecule has 1 fully saturated rings. The maximum atomic E-state index is 9.69. The minimum absolute atomic E-state index is 0.199. The lowest BCUT2D eigenvalue weighted by molar-refractivity contribution is 0.255. The molecule has 0 amide bonds. The van der Waals surface area contributed by atoms with Crippen molar-refractivity contribution in [1.29, 1.82) is 0 Å². The highest BCUT2D eigenvalue weighted by molar-refractivity contribution is 5.98. The third-order valence-corrected chi connectivity index (χ3v) is 4.18. The van der Waals surface area contributed by atoms with Crippen molar-refractivity contribution < 1.29 is 5.11 Å². The quantitative estimate of drug-likeness (QED) is 0.824. The van der Waals surface area contributed by atoms with Gasteiger partial charge in [0, 0.05) is 23.8 Å². The van der Waals surface area contributed by atoms with E-state index in [9.17, 15) is 5.11 Å².